The van der Waals surface area contributed by atoms with Crippen LogP contribution in [0.5, 0.6) is 0 Å². The van der Waals surface area contributed by atoms with Gasteiger partial charge in [0, 0.05) is 22.7 Å². The minimum absolute atomic E-state index is 0.0891. The summed E-state index contributed by atoms with van der Waals surface area (Å²) in [5, 5.41) is 9.05. The maximum absolute atomic E-state index is 11.3. The van der Waals surface area contributed by atoms with E-state index in [0.29, 0.717) is 16.3 Å². The highest BCUT2D eigenvalue weighted by Crippen LogP contribution is 2.19. The molecule has 0 heterocycles. The molecular weight excluding hydrogens is 190 g/mol. The normalized spacial score (nSPS) is 10.0. The van der Waals surface area contributed by atoms with Crippen LogP contribution in [0.4, 0.5) is 5.69 Å². The fourth-order valence-corrected chi connectivity index (χ4v) is 1.20. The molecule has 0 aromatic heterocycles. The fraction of sp³-hybridized carbons (Fsp3) is 0.222. The van der Waals surface area contributed by atoms with E-state index in [0.717, 1.165) is 0 Å². The Hall–Kier alpha value is -1.06. The van der Waals surface area contributed by atoms with Crippen LogP contribution in [0.25, 0.3) is 0 Å². The van der Waals surface area contributed by atoms with E-state index >= 15 is 0 Å². The molecule has 0 bridgehead atoms. The SMILES string of the molecule is Nc1cc(Cl)ccc1C(=O)CCO. The van der Waals surface area contributed by atoms with Crippen molar-refractivity contribution in [3.05, 3.63) is 28.8 Å². The standard InChI is InChI=1S/C9H10ClNO2/c10-6-1-2-7(8(11)5-6)9(13)3-4-12/h1-2,5,12H,3-4,11H2. The van der Waals surface area contributed by atoms with E-state index in [9.17, 15) is 4.79 Å². The van der Waals surface area contributed by atoms with E-state index in [1.54, 1.807) is 12.1 Å². The van der Waals surface area contributed by atoms with Crippen molar-refractivity contribution in [1.82, 2.24) is 0 Å². The van der Waals surface area contributed by atoms with Crippen LogP contribution in [-0.4, -0.2) is 17.5 Å². The molecule has 70 valence electrons. The average Bonchev–Trinajstić information content (AvgIpc) is 2.04. The number of nitrogen functional groups attached to an aromatic ring is 1. The summed E-state index contributed by atoms with van der Waals surface area (Å²) < 4.78 is 0. The van der Waals surface area contributed by atoms with E-state index < -0.39 is 0 Å². The Morgan fingerprint density at radius 3 is 2.77 bits per heavy atom. The van der Waals surface area contributed by atoms with Gasteiger partial charge in [-0.1, -0.05) is 11.6 Å². The first-order valence-corrected chi connectivity index (χ1v) is 4.22. The number of ketones is 1. The Labute approximate surface area is 81.1 Å². The van der Waals surface area contributed by atoms with Gasteiger partial charge in [-0.2, -0.15) is 0 Å². The molecule has 0 saturated heterocycles. The van der Waals surface area contributed by atoms with E-state index in [2.05, 4.69) is 0 Å². The van der Waals surface area contributed by atoms with Crippen LogP contribution in [-0.2, 0) is 0 Å². The molecule has 1 aromatic rings. The lowest BCUT2D eigenvalue weighted by atomic mass is 10.1. The molecule has 0 atom stereocenters. The number of nitrogens with two attached hydrogens (primary N) is 1. The molecule has 0 fully saturated rings. The number of carbonyl (C=O) groups excluding carboxylic acids is 1. The van der Waals surface area contributed by atoms with Crippen LogP contribution in [0.1, 0.15) is 16.8 Å². The lowest BCUT2D eigenvalue weighted by molar-refractivity contribution is 0.0957. The first kappa shape index (κ1) is 10.0. The predicted octanol–water partition coefficient (Wildman–Crippen LogP) is 1.49. The molecule has 3 nitrogen and oxygen atoms in total. The topological polar surface area (TPSA) is 63.3 Å². The third-order valence-electron chi connectivity index (χ3n) is 1.65. The van der Waals surface area contributed by atoms with Crippen molar-refractivity contribution in [3.8, 4) is 0 Å². The van der Waals surface area contributed by atoms with Crippen LogP contribution < -0.4 is 5.73 Å². The Bertz CT molecular complexity index is 325. The first-order chi connectivity index (χ1) is 6.15. The minimum Gasteiger partial charge on any atom is -0.398 e. The van der Waals surface area contributed by atoms with E-state index in [1.807, 2.05) is 0 Å². The highest BCUT2D eigenvalue weighted by Gasteiger charge is 2.08. The van der Waals surface area contributed by atoms with Crippen molar-refractivity contribution < 1.29 is 9.90 Å². The van der Waals surface area contributed by atoms with Gasteiger partial charge >= 0.3 is 0 Å². The second kappa shape index (κ2) is 4.25. The van der Waals surface area contributed by atoms with Crippen molar-refractivity contribution in [3.63, 3.8) is 0 Å². The lowest BCUT2D eigenvalue weighted by Gasteiger charge is -2.03. The molecule has 0 aliphatic carbocycles. The predicted molar refractivity (Wildman–Crippen MR) is 51.9 cm³/mol. The average molecular weight is 200 g/mol. The summed E-state index contributed by atoms with van der Waals surface area (Å²) in [6, 6.07) is 4.68. The number of halogens is 1. The van der Waals surface area contributed by atoms with Crippen LogP contribution in [0.15, 0.2) is 18.2 Å². The Morgan fingerprint density at radius 2 is 2.23 bits per heavy atom. The number of hydrogen-bond donors (Lipinski definition) is 2. The minimum atomic E-state index is -0.170. The summed E-state index contributed by atoms with van der Waals surface area (Å²) in [6.45, 7) is -0.166. The monoisotopic (exact) mass is 199 g/mol. The van der Waals surface area contributed by atoms with Gasteiger partial charge in [-0.3, -0.25) is 4.79 Å². The van der Waals surface area contributed by atoms with E-state index in [4.69, 9.17) is 22.4 Å². The van der Waals surface area contributed by atoms with Gasteiger partial charge in [0.1, 0.15) is 0 Å². The molecule has 0 aliphatic rings. The molecule has 1 aromatic carbocycles. The summed E-state index contributed by atoms with van der Waals surface area (Å²) in [5.74, 6) is -0.170. The summed E-state index contributed by atoms with van der Waals surface area (Å²) in [6.07, 6.45) is 0.0891. The summed E-state index contributed by atoms with van der Waals surface area (Å²) in [7, 11) is 0. The molecule has 0 aliphatic heterocycles. The van der Waals surface area contributed by atoms with Gasteiger partial charge in [-0.25, -0.2) is 0 Å². The third kappa shape index (κ3) is 2.44. The van der Waals surface area contributed by atoms with Gasteiger partial charge in [0.2, 0.25) is 0 Å². The van der Waals surface area contributed by atoms with Crippen LogP contribution in [0, 0.1) is 0 Å². The summed E-state index contributed by atoms with van der Waals surface area (Å²) >= 11 is 5.66. The molecular formula is C9H10ClNO2. The highest BCUT2D eigenvalue weighted by atomic mass is 35.5. The quantitative estimate of drug-likeness (QED) is 0.573. The van der Waals surface area contributed by atoms with Crippen LogP contribution >= 0.6 is 11.6 Å². The maximum atomic E-state index is 11.3. The third-order valence-corrected chi connectivity index (χ3v) is 1.89. The summed E-state index contributed by atoms with van der Waals surface area (Å²) in [4.78, 5) is 11.3. The molecule has 0 radical (unpaired) electrons. The fourth-order valence-electron chi connectivity index (χ4n) is 1.02. The second-order valence-corrected chi connectivity index (χ2v) is 3.06. The van der Waals surface area contributed by atoms with Crippen molar-refractivity contribution in [2.75, 3.05) is 12.3 Å². The smallest absolute Gasteiger partial charge is 0.167 e. The molecule has 3 N–H and O–H groups in total. The molecule has 13 heavy (non-hydrogen) atoms. The largest absolute Gasteiger partial charge is 0.398 e. The molecule has 0 saturated carbocycles. The Kier molecular flexibility index (Phi) is 3.28. The summed E-state index contributed by atoms with van der Waals surface area (Å²) in [5.41, 5.74) is 6.33. The van der Waals surface area contributed by atoms with Crippen molar-refractivity contribution in [2.45, 2.75) is 6.42 Å². The van der Waals surface area contributed by atoms with Crippen molar-refractivity contribution in [1.29, 1.82) is 0 Å². The maximum Gasteiger partial charge on any atom is 0.167 e. The van der Waals surface area contributed by atoms with Crippen LogP contribution in [0.2, 0.25) is 5.02 Å². The van der Waals surface area contributed by atoms with Gasteiger partial charge in [0.25, 0.3) is 0 Å². The zero-order valence-corrected chi connectivity index (χ0v) is 7.71. The van der Waals surface area contributed by atoms with E-state index in [1.165, 1.54) is 6.07 Å². The lowest BCUT2D eigenvalue weighted by Crippen LogP contribution is -2.05. The number of benzene rings is 1. The Balaban J connectivity index is 2.95. The molecule has 4 heteroatoms. The van der Waals surface area contributed by atoms with Gasteiger partial charge < -0.3 is 10.8 Å². The van der Waals surface area contributed by atoms with Gasteiger partial charge in [-0.05, 0) is 18.2 Å². The number of Topliss-reactive ketones (excluding diaryl/α,β-unsaturated/α-hetero) is 1. The van der Waals surface area contributed by atoms with Crippen molar-refractivity contribution in [2.24, 2.45) is 0 Å². The van der Waals surface area contributed by atoms with Gasteiger partial charge in [0.15, 0.2) is 5.78 Å². The first-order valence-electron chi connectivity index (χ1n) is 3.84. The number of anilines is 1. The number of aliphatic hydroxyl groups is 1. The second-order valence-electron chi connectivity index (χ2n) is 2.63. The molecule has 0 amide bonds. The zero-order chi connectivity index (χ0) is 9.84. The number of carbonyl (C=O) groups is 1. The number of aliphatic hydroxyl groups excluding tert-OH is 1. The molecule has 0 spiro atoms. The van der Waals surface area contributed by atoms with Crippen molar-refractivity contribution >= 4 is 23.1 Å². The molecule has 0 unspecified atom stereocenters. The number of rotatable bonds is 3. The Morgan fingerprint density at radius 1 is 1.54 bits per heavy atom. The van der Waals surface area contributed by atoms with E-state index in [-0.39, 0.29) is 18.8 Å². The van der Waals surface area contributed by atoms with Gasteiger partial charge in [0.05, 0.1) is 6.61 Å². The number of hydrogen-bond acceptors (Lipinski definition) is 3. The van der Waals surface area contributed by atoms with Crippen LogP contribution in [0.3, 0.4) is 0 Å². The van der Waals surface area contributed by atoms with Gasteiger partial charge in [-0.15, -0.1) is 0 Å². The molecule has 1 rings (SSSR count). The zero-order valence-electron chi connectivity index (χ0n) is 6.96. The highest BCUT2D eigenvalue weighted by molar-refractivity contribution is 6.31.